The maximum absolute atomic E-state index is 12.4. The number of aromatic nitrogens is 2. The predicted octanol–water partition coefficient (Wildman–Crippen LogP) is 1.63. The molecule has 5 nitrogen and oxygen atoms in total. The summed E-state index contributed by atoms with van der Waals surface area (Å²) in [4.78, 5) is 19.7. The van der Waals surface area contributed by atoms with E-state index in [9.17, 15) is 4.79 Å². The molecule has 5 heteroatoms. The smallest absolute Gasteiger partial charge is 0.241 e. The Bertz CT molecular complexity index is 620. The van der Waals surface area contributed by atoms with Crippen LogP contribution in [0.2, 0.25) is 0 Å². The number of para-hydroxylation sites is 1. The van der Waals surface area contributed by atoms with Gasteiger partial charge in [0.15, 0.2) is 0 Å². The van der Waals surface area contributed by atoms with Gasteiger partial charge >= 0.3 is 0 Å². The number of hydrogen-bond donors (Lipinski definition) is 3. The molecule has 0 radical (unpaired) electrons. The number of fused-ring (bicyclic) bond motifs is 1. The zero-order valence-corrected chi connectivity index (χ0v) is 11.4. The van der Waals surface area contributed by atoms with Gasteiger partial charge in [-0.15, -0.1) is 0 Å². The van der Waals surface area contributed by atoms with Crippen molar-refractivity contribution < 1.29 is 4.79 Å². The van der Waals surface area contributed by atoms with Gasteiger partial charge in [-0.2, -0.15) is 0 Å². The van der Waals surface area contributed by atoms with Gasteiger partial charge in [0, 0.05) is 18.7 Å². The van der Waals surface area contributed by atoms with Crippen molar-refractivity contribution in [1.82, 2.24) is 15.3 Å². The number of amides is 1. The minimum atomic E-state index is -0.226. The van der Waals surface area contributed by atoms with E-state index in [1.807, 2.05) is 24.3 Å². The van der Waals surface area contributed by atoms with Crippen LogP contribution in [0.1, 0.15) is 23.9 Å². The predicted molar refractivity (Wildman–Crippen MR) is 77.4 cm³/mol. The first kappa shape index (κ1) is 12.9. The van der Waals surface area contributed by atoms with Crippen LogP contribution in [0.4, 0.5) is 5.69 Å². The first-order valence-corrected chi connectivity index (χ1v) is 6.91. The van der Waals surface area contributed by atoms with Crippen molar-refractivity contribution in [3.63, 3.8) is 0 Å². The molecule has 0 spiro atoms. The van der Waals surface area contributed by atoms with E-state index in [-0.39, 0.29) is 11.9 Å². The van der Waals surface area contributed by atoms with E-state index in [2.05, 4.69) is 27.5 Å². The van der Waals surface area contributed by atoms with Crippen LogP contribution in [-0.4, -0.2) is 21.9 Å². The van der Waals surface area contributed by atoms with Crippen LogP contribution >= 0.6 is 0 Å². The second kappa shape index (κ2) is 5.46. The van der Waals surface area contributed by atoms with Gasteiger partial charge in [0.05, 0.1) is 23.8 Å². The molecule has 0 saturated heterocycles. The maximum Gasteiger partial charge on any atom is 0.241 e. The van der Waals surface area contributed by atoms with Gasteiger partial charge in [0.1, 0.15) is 0 Å². The molecule has 1 atom stereocenters. The number of hydrogen-bond acceptors (Lipinski definition) is 3. The monoisotopic (exact) mass is 270 g/mol. The van der Waals surface area contributed by atoms with E-state index in [1.165, 1.54) is 0 Å². The Hall–Kier alpha value is -2.14. The highest BCUT2D eigenvalue weighted by molar-refractivity contribution is 5.95. The average Bonchev–Trinajstić information content (AvgIpc) is 2.95. The standard InChI is InChI=1S/C15H18N4O/c1-2-10-5-3-4-6-11(10)19-15(20)13-7-12-14(8-16-13)18-9-17-12/h3-6,9,13,16H,2,7-8H2,1H3,(H,17,18)(H,19,20). The summed E-state index contributed by atoms with van der Waals surface area (Å²) in [7, 11) is 0. The molecular formula is C15H18N4O. The first-order chi connectivity index (χ1) is 9.78. The Morgan fingerprint density at radius 3 is 3.15 bits per heavy atom. The molecule has 2 aromatic rings. The number of benzene rings is 1. The summed E-state index contributed by atoms with van der Waals surface area (Å²) in [6, 6.07) is 7.68. The molecule has 1 aliphatic rings. The van der Waals surface area contributed by atoms with Crippen LogP contribution in [-0.2, 0) is 24.2 Å². The Morgan fingerprint density at radius 2 is 2.30 bits per heavy atom. The number of nitrogens with zero attached hydrogens (tertiary/aromatic N) is 1. The van der Waals surface area contributed by atoms with Gasteiger partial charge in [-0.25, -0.2) is 4.98 Å². The van der Waals surface area contributed by atoms with E-state index in [0.29, 0.717) is 13.0 Å². The second-order valence-electron chi connectivity index (χ2n) is 4.97. The van der Waals surface area contributed by atoms with Crippen molar-refractivity contribution in [3.8, 4) is 0 Å². The number of imidazole rings is 1. The van der Waals surface area contributed by atoms with Gasteiger partial charge < -0.3 is 10.3 Å². The van der Waals surface area contributed by atoms with Crippen molar-refractivity contribution in [2.45, 2.75) is 32.4 Å². The number of nitrogens with one attached hydrogen (secondary N) is 3. The fourth-order valence-electron chi connectivity index (χ4n) is 2.52. The van der Waals surface area contributed by atoms with E-state index >= 15 is 0 Å². The lowest BCUT2D eigenvalue weighted by Gasteiger charge is -2.22. The molecule has 1 aromatic carbocycles. The number of carbonyl (C=O) groups excluding carboxylic acids is 1. The molecule has 104 valence electrons. The van der Waals surface area contributed by atoms with Gasteiger partial charge in [0.2, 0.25) is 5.91 Å². The lowest BCUT2D eigenvalue weighted by molar-refractivity contribution is -0.118. The second-order valence-corrected chi connectivity index (χ2v) is 4.97. The third-order valence-electron chi connectivity index (χ3n) is 3.70. The van der Waals surface area contributed by atoms with E-state index in [4.69, 9.17) is 0 Å². The topological polar surface area (TPSA) is 69.8 Å². The zero-order valence-electron chi connectivity index (χ0n) is 11.4. The Labute approximate surface area is 117 Å². The molecule has 2 heterocycles. The van der Waals surface area contributed by atoms with Crippen LogP contribution in [0.3, 0.4) is 0 Å². The lowest BCUT2D eigenvalue weighted by atomic mass is 10.0. The minimum absolute atomic E-state index is 0.000417. The quantitative estimate of drug-likeness (QED) is 0.794. The highest BCUT2D eigenvalue weighted by Gasteiger charge is 2.25. The Kier molecular flexibility index (Phi) is 3.52. The number of anilines is 1. The molecule has 0 fully saturated rings. The third-order valence-corrected chi connectivity index (χ3v) is 3.70. The van der Waals surface area contributed by atoms with Gasteiger partial charge in [-0.3, -0.25) is 10.1 Å². The highest BCUT2D eigenvalue weighted by Crippen LogP contribution is 2.17. The molecule has 1 unspecified atom stereocenters. The summed E-state index contributed by atoms with van der Waals surface area (Å²) >= 11 is 0. The first-order valence-electron chi connectivity index (χ1n) is 6.91. The van der Waals surface area contributed by atoms with E-state index in [0.717, 1.165) is 29.1 Å². The molecular weight excluding hydrogens is 252 g/mol. The number of aromatic amines is 1. The summed E-state index contributed by atoms with van der Waals surface area (Å²) in [5.74, 6) is -0.000417. The number of carbonyl (C=O) groups is 1. The number of rotatable bonds is 3. The zero-order chi connectivity index (χ0) is 13.9. The highest BCUT2D eigenvalue weighted by atomic mass is 16.2. The van der Waals surface area contributed by atoms with E-state index in [1.54, 1.807) is 6.33 Å². The summed E-state index contributed by atoms with van der Waals surface area (Å²) < 4.78 is 0. The summed E-state index contributed by atoms with van der Waals surface area (Å²) in [5.41, 5.74) is 4.10. The minimum Gasteiger partial charge on any atom is -0.347 e. The lowest BCUT2D eigenvalue weighted by Crippen LogP contribution is -2.44. The molecule has 1 aromatic heterocycles. The van der Waals surface area contributed by atoms with Gasteiger partial charge in [-0.05, 0) is 18.1 Å². The molecule has 3 rings (SSSR count). The van der Waals surface area contributed by atoms with Crippen molar-refractivity contribution in [2.75, 3.05) is 5.32 Å². The number of aryl methyl sites for hydroxylation is 1. The molecule has 1 amide bonds. The van der Waals surface area contributed by atoms with Crippen molar-refractivity contribution in [2.24, 2.45) is 0 Å². The average molecular weight is 270 g/mol. The summed E-state index contributed by atoms with van der Waals surface area (Å²) in [6.07, 6.45) is 3.20. The van der Waals surface area contributed by atoms with Gasteiger partial charge in [-0.1, -0.05) is 25.1 Å². The van der Waals surface area contributed by atoms with Crippen molar-refractivity contribution in [3.05, 3.63) is 47.5 Å². The van der Waals surface area contributed by atoms with Crippen LogP contribution in [0, 0.1) is 0 Å². The van der Waals surface area contributed by atoms with Crippen LogP contribution in [0.15, 0.2) is 30.6 Å². The normalized spacial score (nSPS) is 17.6. The molecule has 1 aliphatic heterocycles. The van der Waals surface area contributed by atoms with Crippen molar-refractivity contribution in [1.29, 1.82) is 0 Å². The van der Waals surface area contributed by atoms with Crippen LogP contribution in [0.5, 0.6) is 0 Å². The number of H-pyrrole nitrogens is 1. The fraction of sp³-hybridized carbons (Fsp3) is 0.333. The largest absolute Gasteiger partial charge is 0.347 e. The molecule has 0 bridgehead atoms. The molecule has 0 saturated carbocycles. The fourth-order valence-corrected chi connectivity index (χ4v) is 2.52. The van der Waals surface area contributed by atoms with Gasteiger partial charge in [0.25, 0.3) is 0 Å². The summed E-state index contributed by atoms with van der Waals surface area (Å²) in [5, 5.41) is 6.25. The van der Waals surface area contributed by atoms with Crippen LogP contribution in [0.25, 0.3) is 0 Å². The van der Waals surface area contributed by atoms with Crippen LogP contribution < -0.4 is 10.6 Å². The Morgan fingerprint density at radius 1 is 1.45 bits per heavy atom. The third kappa shape index (κ3) is 2.44. The maximum atomic E-state index is 12.4. The summed E-state index contributed by atoms with van der Waals surface area (Å²) in [6.45, 7) is 2.74. The van der Waals surface area contributed by atoms with E-state index < -0.39 is 0 Å². The Balaban J connectivity index is 1.71. The van der Waals surface area contributed by atoms with Crippen molar-refractivity contribution >= 4 is 11.6 Å². The SMILES string of the molecule is CCc1ccccc1NC(=O)C1Cc2nc[nH]c2CN1. The molecule has 0 aliphatic carbocycles. The molecule has 3 N–H and O–H groups in total. The molecule has 20 heavy (non-hydrogen) atoms.